The highest BCUT2D eigenvalue weighted by Crippen LogP contribution is 2.35. The Labute approximate surface area is 332 Å². The molecule has 320 valence electrons. The molecule has 1 aliphatic rings. The molecule has 0 aliphatic carbocycles. The molecule has 0 aromatic carbocycles. The van der Waals surface area contributed by atoms with Crippen LogP contribution in [0.1, 0.15) is 178 Å². The highest BCUT2D eigenvalue weighted by Gasteiger charge is 2.44. The molecule has 6 amide bonds. The van der Waals surface area contributed by atoms with Gasteiger partial charge >= 0.3 is 0 Å². The van der Waals surface area contributed by atoms with Crippen molar-refractivity contribution in [2.24, 2.45) is 17.1 Å². The highest BCUT2D eigenvalue weighted by atomic mass is 16.5. The van der Waals surface area contributed by atoms with Crippen molar-refractivity contribution in [2.45, 2.75) is 195 Å². The molecule has 1 aliphatic heterocycles. The molecular formula is C42H79N5O8. The number of nitrogens with two attached hydrogens (primary N) is 1. The van der Waals surface area contributed by atoms with E-state index in [9.17, 15) is 33.9 Å². The summed E-state index contributed by atoms with van der Waals surface area (Å²) >= 11 is 0. The summed E-state index contributed by atoms with van der Waals surface area (Å²) in [5.41, 5.74) is 4.17. The Balaban J connectivity index is 0.00000115. The SMILES string of the molecule is CC(C)(O)CCNC(=O)CCN1C(=O)CC(C(C)(C)C)C1=O.CCCCCCCCCCCC(=O)NC(CCCCNC(=O)CCOC(C)(C)CC)C(N)=O. The second-order valence-corrected chi connectivity index (χ2v) is 17.3. The first-order valence-electron chi connectivity index (χ1n) is 21.0. The lowest BCUT2D eigenvalue weighted by Gasteiger charge is -2.24. The molecule has 1 heterocycles. The Hall–Kier alpha value is -3.06. The maximum atomic E-state index is 12.3. The fraction of sp³-hybridized carbons (Fsp3) is 0.857. The van der Waals surface area contributed by atoms with E-state index in [4.69, 9.17) is 10.5 Å². The second kappa shape index (κ2) is 27.5. The predicted octanol–water partition coefficient (Wildman–Crippen LogP) is 5.83. The average molecular weight is 782 g/mol. The van der Waals surface area contributed by atoms with Crippen molar-refractivity contribution in [1.29, 1.82) is 0 Å². The fourth-order valence-corrected chi connectivity index (χ4v) is 5.86. The maximum Gasteiger partial charge on any atom is 0.239 e. The first-order valence-corrected chi connectivity index (χ1v) is 21.0. The largest absolute Gasteiger partial charge is 0.390 e. The summed E-state index contributed by atoms with van der Waals surface area (Å²) in [4.78, 5) is 72.8. The van der Waals surface area contributed by atoms with Crippen LogP contribution in [-0.4, -0.2) is 88.9 Å². The topological polar surface area (TPSA) is 197 Å². The summed E-state index contributed by atoms with van der Waals surface area (Å²) < 4.78 is 5.68. The summed E-state index contributed by atoms with van der Waals surface area (Å²) in [6.45, 7) is 18.9. The van der Waals surface area contributed by atoms with Crippen LogP contribution in [0.25, 0.3) is 0 Å². The summed E-state index contributed by atoms with van der Waals surface area (Å²) in [5, 5.41) is 17.9. The molecule has 0 aromatic heterocycles. The van der Waals surface area contributed by atoms with E-state index in [2.05, 4.69) is 29.8 Å². The molecule has 13 heteroatoms. The number of aliphatic hydroxyl groups is 1. The van der Waals surface area contributed by atoms with E-state index in [1.807, 2.05) is 34.6 Å². The second-order valence-electron chi connectivity index (χ2n) is 17.3. The number of hydrogen-bond donors (Lipinski definition) is 5. The third-order valence-corrected chi connectivity index (χ3v) is 10.0. The lowest BCUT2D eigenvalue weighted by Crippen LogP contribution is -2.44. The van der Waals surface area contributed by atoms with E-state index < -0.39 is 17.6 Å². The van der Waals surface area contributed by atoms with Crippen molar-refractivity contribution >= 4 is 35.4 Å². The Morgan fingerprint density at radius 1 is 0.782 bits per heavy atom. The number of primary amides is 1. The van der Waals surface area contributed by atoms with E-state index in [-0.39, 0.29) is 65.9 Å². The number of hydrogen-bond acceptors (Lipinski definition) is 8. The first kappa shape index (κ1) is 51.9. The Morgan fingerprint density at radius 2 is 1.35 bits per heavy atom. The van der Waals surface area contributed by atoms with E-state index in [1.165, 1.54) is 43.4 Å². The smallest absolute Gasteiger partial charge is 0.239 e. The lowest BCUT2D eigenvalue weighted by atomic mass is 9.80. The maximum absolute atomic E-state index is 12.3. The molecule has 1 fully saturated rings. The van der Waals surface area contributed by atoms with Gasteiger partial charge in [0.2, 0.25) is 35.4 Å². The third kappa shape index (κ3) is 26.4. The van der Waals surface area contributed by atoms with Crippen molar-refractivity contribution in [3.05, 3.63) is 0 Å². The standard InChI is InChI=1S/C26H51N3O4.C16H28N2O4/c1-5-7-8-9-10-11-12-13-14-18-24(31)29-22(25(27)32)17-15-16-20-28-23(30)19-21-33-26(3,4)6-2;1-15(2,3)11-10-13(20)18(14(11)21)9-6-12(19)17-8-7-16(4,5)22/h22H,5-21H2,1-4H3,(H2,27,32)(H,28,30)(H,29,31);11,22H,6-10H2,1-5H3,(H,17,19). The van der Waals surface area contributed by atoms with Gasteiger partial charge in [0, 0.05) is 45.3 Å². The zero-order valence-electron chi connectivity index (χ0n) is 36.0. The molecule has 55 heavy (non-hydrogen) atoms. The van der Waals surface area contributed by atoms with Crippen molar-refractivity contribution < 1.29 is 38.6 Å². The van der Waals surface area contributed by atoms with Gasteiger partial charge in [-0.1, -0.05) is 86.0 Å². The molecule has 1 saturated heterocycles. The Morgan fingerprint density at radius 3 is 1.87 bits per heavy atom. The minimum absolute atomic E-state index is 0.0392. The Kier molecular flexibility index (Phi) is 26.0. The van der Waals surface area contributed by atoms with Crippen LogP contribution in [-0.2, 0) is 33.5 Å². The summed E-state index contributed by atoms with van der Waals surface area (Å²) in [5.74, 6) is -1.55. The molecule has 0 bridgehead atoms. The van der Waals surface area contributed by atoms with Gasteiger partial charge in [0.25, 0.3) is 0 Å². The van der Waals surface area contributed by atoms with Crippen LogP contribution < -0.4 is 21.7 Å². The normalized spacial score (nSPS) is 15.3. The number of ether oxygens (including phenoxy) is 1. The van der Waals surface area contributed by atoms with Gasteiger partial charge in [0.15, 0.2) is 0 Å². The van der Waals surface area contributed by atoms with Gasteiger partial charge in [0.05, 0.1) is 23.7 Å². The average Bonchev–Trinajstić information content (AvgIpc) is 3.38. The van der Waals surface area contributed by atoms with Crippen LogP contribution >= 0.6 is 0 Å². The van der Waals surface area contributed by atoms with Crippen LogP contribution in [0, 0.1) is 11.3 Å². The molecule has 0 spiro atoms. The molecule has 6 N–H and O–H groups in total. The number of imide groups is 1. The minimum Gasteiger partial charge on any atom is -0.390 e. The van der Waals surface area contributed by atoms with Crippen LogP contribution in [0.15, 0.2) is 0 Å². The van der Waals surface area contributed by atoms with E-state index in [0.717, 1.165) is 32.1 Å². The number of carbonyl (C=O) groups excluding carboxylic acids is 6. The Bertz CT molecular complexity index is 1160. The first-order chi connectivity index (χ1) is 25.6. The number of unbranched alkanes of at least 4 members (excludes halogenated alkanes) is 9. The van der Waals surface area contributed by atoms with E-state index >= 15 is 0 Å². The molecule has 2 unspecified atom stereocenters. The van der Waals surface area contributed by atoms with Crippen LogP contribution in [0.4, 0.5) is 0 Å². The molecule has 2 atom stereocenters. The summed E-state index contributed by atoms with van der Waals surface area (Å²) in [7, 11) is 0. The predicted molar refractivity (Wildman–Crippen MR) is 218 cm³/mol. The third-order valence-electron chi connectivity index (χ3n) is 10.0. The molecule has 0 radical (unpaired) electrons. The van der Waals surface area contributed by atoms with E-state index in [1.54, 1.807) is 13.8 Å². The number of carbonyl (C=O) groups is 6. The van der Waals surface area contributed by atoms with Gasteiger partial charge in [-0.15, -0.1) is 0 Å². The summed E-state index contributed by atoms with van der Waals surface area (Å²) in [6.07, 6.45) is 15.1. The number of likely N-dealkylation sites (tertiary alicyclic amines) is 1. The summed E-state index contributed by atoms with van der Waals surface area (Å²) in [6, 6.07) is -0.642. The lowest BCUT2D eigenvalue weighted by molar-refractivity contribution is -0.140. The van der Waals surface area contributed by atoms with Gasteiger partial charge in [-0.25, -0.2) is 0 Å². The molecule has 0 aromatic rings. The zero-order chi connectivity index (χ0) is 42.1. The monoisotopic (exact) mass is 782 g/mol. The molecule has 0 saturated carbocycles. The number of nitrogens with one attached hydrogen (secondary N) is 3. The molecular weight excluding hydrogens is 702 g/mol. The van der Waals surface area contributed by atoms with Gasteiger partial charge < -0.3 is 31.5 Å². The fourth-order valence-electron chi connectivity index (χ4n) is 5.86. The van der Waals surface area contributed by atoms with Crippen LogP contribution in [0.5, 0.6) is 0 Å². The minimum atomic E-state index is -0.825. The van der Waals surface area contributed by atoms with Crippen molar-refractivity contribution in [1.82, 2.24) is 20.9 Å². The van der Waals surface area contributed by atoms with Crippen molar-refractivity contribution in [3.8, 4) is 0 Å². The van der Waals surface area contributed by atoms with Gasteiger partial charge in [-0.3, -0.25) is 33.7 Å². The van der Waals surface area contributed by atoms with Crippen molar-refractivity contribution in [2.75, 3.05) is 26.2 Å². The van der Waals surface area contributed by atoms with Gasteiger partial charge in [0.1, 0.15) is 6.04 Å². The van der Waals surface area contributed by atoms with Crippen LogP contribution in [0.3, 0.4) is 0 Å². The van der Waals surface area contributed by atoms with Crippen LogP contribution in [0.2, 0.25) is 0 Å². The molecule has 13 nitrogen and oxygen atoms in total. The molecule has 1 rings (SSSR count). The van der Waals surface area contributed by atoms with Crippen molar-refractivity contribution in [3.63, 3.8) is 0 Å². The quantitative estimate of drug-likeness (QED) is 0.0483. The van der Waals surface area contributed by atoms with Gasteiger partial charge in [-0.2, -0.15) is 0 Å². The number of amides is 6. The highest BCUT2D eigenvalue weighted by molar-refractivity contribution is 6.04. The zero-order valence-corrected chi connectivity index (χ0v) is 36.0. The number of nitrogens with zero attached hydrogens (tertiary/aromatic N) is 1. The number of rotatable bonds is 28. The van der Waals surface area contributed by atoms with Gasteiger partial charge in [-0.05, 0) is 71.6 Å². The van der Waals surface area contributed by atoms with E-state index in [0.29, 0.717) is 51.8 Å².